The molecule has 16 heavy (non-hydrogen) atoms. The first-order valence-electron chi connectivity index (χ1n) is 5.34. The molecule has 0 radical (unpaired) electrons. The van der Waals surface area contributed by atoms with Crippen molar-refractivity contribution in [2.45, 2.75) is 6.42 Å². The van der Waals surface area contributed by atoms with E-state index in [0.717, 1.165) is 23.2 Å². The van der Waals surface area contributed by atoms with Crippen LogP contribution in [0.3, 0.4) is 0 Å². The van der Waals surface area contributed by atoms with Crippen LogP contribution in [-0.4, -0.2) is 0 Å². The van der Waals surface area contributed by atoms with Crippen LogP contribution < -0.4 is 5.73 Å². The van der Waals surface area contributed by atoms with Gasteiger partial charge in [-0.1, -0.05) is 55.1 Å². The molecular formula is C15H15N. The number of hydrogen-bond acceptors (Lipinski definition) is 1. The van der Waals surface area contributed by atoms with Crippen LogP contribution in [0, 0.1) is 0 Å². The molecule has 0 spiro atoms. The van der Waals surface area contributed by atoms with E-state index in [1.54, 1.807) is 0 Å². The molecule has 2 aromatic rings. The molecule has 2 aromatic carbocycles. The summed E-state index contributed by atoms with van der Waals surface area (Å²) >= 11 is 0. The predicted octanol–water partition coefficient (Wildman–Crippen LogP) is 3.52. The third kappa shape index (κ3) is 2.31. The van der Waals surface area contributed by atoms with E-state index in [1.807, 2.05) is 42.5 Å². The maximum Gasteiger partial charge on any atom is 0.0390 e. The zero-order chi connectivity index (χ0) is 11.4. The summed E-state index contributed by atoms with van der Waals surface area (Å²) in [6.07, 6.45) is 0.842. The van der Waals surface area contributed by atoms with Gasteiger partial charge < -0.3 is 5.73 Å². The summed E-state index contributed by atoms with van der Waals surface area (Å²) in [5.74, 6) is 0. The van der Waals surface area contributed by atoms with Gasteiger partial charge in [-0.15, -0.1) is 0 Å². The quantitative estimate of drug-likeness (QED) is 0.769. The molecule has 0 aliphatic heterocycles. The summed E-state index contributed by atoms with van der Waals surface area (Å²) in [7, 11) is 0. The van der Waals surface area contributed by atoms with Gasteiger partial charge in [-0.25, -0.2) is 0 Å². The zero-order valence-electron chi connectivity index (χ0n) is 9.19. The van der Waals surface area contributed by atoms with E-state index in [4.69, 9.17) is 5.73 Å². The first kappa shape index (κ1) is 10.5. The number of nitrogens with two attached hydrogens (primary N) is 1. The average Bonchev–Trinajstić information content (AvgIpc) is 2.31. The monoisotopic (exact) mass is 209 g/mol. The molecule has 0 saturated heterocycles. The summed E-state index contributed by atoms with van der Waals surface area (Å²) in [4.78, 5) is 0. The minimum absolute atomic E-state index is 0.795. The van der Waals surface area contributed by atoms with Crippen LogP contribution in [0.2, 0.25) is 0 Å². The molecule has 0 unspecified atom stereocenters. The van der Waals surface area contributed by atoms with Crippen molar-refractivity contribution in [1.29, 1.82) is 0 Å². The fourth-order valence-electron chi connectivity index (χ4n) is 1.76. The number of benzene rings is 2. The number of para-hydroxylation sites is 1. The maximum atomic E-state index is 5.91. The minimum Gasteiger partial charge on any atom is -0.398 e. The Kier molecular flexibility index (Phi) is 3.06. The Balaban J connectivity index is 2.19. The van der Waals surface area contributed by atoms with Crippen LogP contribution >= 0.6 is 0 Å². The normalized spacial score (nSPS) is 10.0. The second-order valence-electron chi connectivity index (χ2n) is 3.85. The van der Waals surface area contributed by atoms with Gasteiger partial charge in [0, 0.05) is 11.3 Å². The van der Waals surface area contributed by atoms with E-state index in [0.29, 0.717) is 0 Å². The lowest BCUT2D eigenvalue weighted by molar-refractivity contribution is 1.29. The summed E-state index contributed by atoms with van der Waals surface area (Å²) in [6.45, 7) is 4.10. The molecule has 0 atom stereocenters. The predicted molar refractivity (Wildman–Crippen MR) is 70.0 cm³/mol. The van der Waals surface area contributed by atoms with E-state index < -0.39 is 0 Å². The second-order valence-corrected chi connectivity index (χ2v) is 3.85. The Bertz CT molecular complexity index is 486. The summed E-state index contributed by atoms with van der Waals surface area (Å²) in [5.41, 5.74) is 10.1. The van der Waals surface area contributed by atoms with E-state index in [9.17, 15) is 0 Å². The van der Waals surface area contributed by atoms with Crippen LogP contribution in [0.1, 0.15) is 11.1 Å². The third-order valence-corrected chi connectivity index (χ3v) is 2.60. The van der Waals surface area contributed by atoms with Gasteiger partial charge in [0.25, 0.3) is 0 Å². The highest BCUT2D eigenvalue weighted by Crippen LogP contribution is 2.22. The van der Waals surface area contributed by atoms with Gasteiger partial charge in [0.05, 0.1) is 0 Å². The van der Waals surface area contributed by atoms with Crippen molar-refractivity contribution in [3.05, 3.63) is 72.3 Å². The van der Waals surface area contributed by atoms with Crippen molar-refractivity contribution >= 4 is 11.3 Å². The molecule has 0 amide bonds. The highest BCUT2D eigenvalue weighted by atomic mass is 14.6. The highest BCUT2D eigenvalue weighted by Gasteiger charge is 2.03. The van der Waals surface area contributed by atoms with Crippen LogP contribution in [0.25, 0.3) is 5.57 Å². The van der Waals surface area contributed by atoms with E-state index in [1.165, 1.54) is 5.56 Å². The largest absolute Gasteiger partial charge is 0.398 e. The molecule has 0 heterocycles. The van der Waals surface area contributed by atoms with Gasteiger partial charge in [-0.3, -0.25) is 0 Å². The van der Waals surface area contributed by atoms with Crippen molar-refractivity contribution in [3.8, 4) is 0 Å². The lowest BCUT2D eigenvalue weighted by atomic mass is 9.98. The first-order valence-corrected chi connectivity index (χ1v) is 5.34. The lowest BCUT2D eigenvalue weighted by Gasteiger charge is -2.08. The molecule has 0 aliphatic carbocycles. The Hall–Kier alpha value is -2.02. The minimum atomic E-state index is 0.795. The third-order valence-electron chi connectivity index (χ3n) is 2.60. The van der Waals surface area contributed by atoms with Gasteiger partial charge in [0.15, 0.2) is 0 Å². The first-order chi connectivity index (χ1) is 7.77. The van der Waals surface area contributed by atoms with Crippen molar-refractivity contribution < 1.29 is 0 Å². The SMILES string of the molecule is C=C(Cc1ccccc1)c1ccccc1N. The molecule has 2 rings (SSSR count). The Morgan fingerprint density at radius 2 is 1.56 bits per heavy atom. The number of nitrogen functional groups attached to an aromatic ring is 1. The van der Waals surface area contributed by atoms with Gasteiger partial charge in [0.2, 0.25) is 0 Å². The Morgan fingerprint density at radius 1 is 0.938 bits per heavy atom. The lowest BCUT2D eigenvalue weighted by Crippen LogP contribution is -1.95. The average molecular weight is 209 g/mol. The topological polar surface area (TPSA) is 26.0 Å². The highest BCUT2D eigenvalue weighted by molar-refractivity contribution is 5.74. The zero-order valence-corrected chi connectivity index (χ0v) is 9.19. The van der Waals surface area contributed by atoms with Gasteiger partial charge in [0.1, 0.15) is 0 Å². The number of rotatable bonds is 3. The van der Waals surface area contributed by atoms with Crippen LogP contribution in [0.4, 0.5) is 5.69 Å². The van der Waals surface area contributed by atoms with Gasteiger partial charge in [-0.05, 0) is 23.6 Å². The van der Waals surface area contributed by atoms with Crippen LogP contribution in [0.5, 0.6) is 0 Å². The Labute approximate surface area is 96.2 Å². The summed E-state index contributed by atoms with van der Waals surface area (Å²) in [6, 6.07) is 18.1. The standard InChI is InChI=1S/C15H15N/c1-12(11-13-7-3-2-4-8-13)14-9-5-6-10-15(14)16/h2-10H,1,11,16H2. The Morgan fingerprint density at radius 3 is 2.25 bits per heavy atom. The molecule has 0 bridgehead atoms. The number of allylic oxidation sites excluding steroid dienone is 1. The molecule has 80 valence electrons. The molecular weight excluding hydrogens is 194 g/mol. The van der Waals surface area contributed by atoms with Crippen LogP contribution in [-0.2, 0) is 6.42 Å². The van der Waals surface area contributed by atoms with Crippen LogP contribution in [0.15, 0.2) is 61.2 Å². The fourth-order valence-corrected chi connectivity index (χ4v) is 1.76. The van der Waals surface area contributed by atoms with Crippen molar-refractivity contribution in [3.63, 3.8) is 0 Å². The molecule has 2 N–H and O–H groups in total. The number of hydrogen-bond donors (Lipinski definition) is 1. The van der Waals surface area contributed by atoms with Crippen molar-refractivity contribution in [2.75, 3.05) is 5.73 Å². The molecule has 1 nitrogen and oxygen atoms in total. The molecule has 1 heteroatoms. The summed E-state index contributed by atoms with van der Waals surface area (Å²) < 4.78 is 0. The van der Waals surface area contributed by atoms with Crippen molar-refractivity contribution in [1.82, 2.24) is 0 Å². The molecule has 0 fully saturated rings. The molecule has 0 saturated carbocycles. The fraction of sp³-hybridized carbons (Fsp3) is 0.0667. The number of anilines is 1. The molecule has 0 aromatic heterocycles. The summed E-state index contributed by atoms with van der Waals surface area (Å²) in [5, 5.41) is 0. The van der Waals surface area contributed by atoms with Gasteiger partial charge in [-0.2, -0.15) is 0 Å². The van der Waals surface area contributed by atoms with E-state index in [2.05, 4.69) is 18.7 Å². The maximum absolute atomic E-state index is 5.91. The van der Waals surface area contributed by atoms with E-state index in [-0.39, 0.29) is 0 Å². The molecule has 0 aliphatic rings. The van der Waals surface area contributed by atoms with E-state index >= 15 is 0 Å². The smallest absolute Gasteiger partial charge is 0.0390 e. The van der Waals surface area contributed by atoms with Crippen molar-refractivity contribution in [2.24, 2.45) is 0 Å². The van der Waals surface area contributed by atoms with Gasteiger partial charge >= 0.3 is 0 Å². The second kappa shape index (κ2) is 4.67.